The summed E-state index contributed by atoms with van der Waals surface area (Å²) in [5.74, 6) is 0.821. The number of amides is 1. The molecule has 8 nitrogen and oxygen atoms in total. The fraction of sp³-hybridized carbons (Fsp3) is 0.316. The van der Waals surface area contributed by atoms with E-state index in [9.17, 15) is 4.79 Å². The van der Waals surface area contributed by atoms with Crippen molar-refractivity contribution in [1.82, 2.24) is 25.4 Å². The number of fused-ring (bicyclic) bond motifs is 1. The second-order valence-corrected chi connectivity index (χ2v) is 6.39. The molecular weight excluding hydrogens is 346 g/mol. The number of aromatic nitrogens is 4. The fourth-order valence-corrected chi connectivity index (χ4v) is 3.14. The lowest BCUT2D eigenvalue weighted by Gasteiger charge is -2.13. The van der Waals surface area contributed by atoms with Crippen LogP contribution < -0.4 is 10.1 Å². The van der Waals surface area contributed by atoms with E-state index in [-0.39, 0.29) is 5.91 Å². The minimum Gasteiger partial charge on any atom is -0.480 e. The van der Waals surface area contributed by atoms with Crippen molar-refractivity contribution in [1.29, 1.82) is 0 Å². The first-order chi connectivity index (χ1) is 13.2. The molecule has 0 aliphatic heterocycles. The van der Waals surface area contributed by atoms with Gasteiger partial charge in [0, 0.05) is 23.7 Å². The molecule has 3 aromatic heterocycles. The van der Waals surface area contributed by atoms with Gasteiger partial charge < -0.3 is 14.6 Å². The highest BCUT2D eigenvalue weighted by atomic mass is 16.5. The Morgan fingerprint density at radius 1 is 1.26 bits per heavy atom. The van der Waals surface area contributed by atoms with E-state index in [0.29, 0.717) is 23.2 Å². The first kappa shape index (κ1) is 17.1. The molecule has 0 spiro atoms. The van der Waals surface area contributed by atoms with Crippen molar-refractivity contribution >= 4 is 5.91 Å². The molecule has 0 bridgehead atoms. The van der Waals surface area contributed by atoms with Gasteiger partial charge in [-0.15, -0.1) is 0 Å². The van der Waals surface area contributed by atoms with Crippen LogP contribution in [0.3, 0.4) is 0 Å². The van der Waals surface area contributed by atoms with E-state index in [1.54, 1.807) is 31.5 Å². The molecule has 1 aliphatic carbocycles. The van der Waals surface area contributed by atoms with E-state index in [1.165, 1.54) is 7.11 Å². The Balaban J connectivity index is 1.53. The number of pyridine rings is 2. The number of nitrogens with one attached hydrogen (secondary N) is 1. The highest BCUT2D eigenvalue weighted by Gasteiger charge is 2.24. The molecule has 1 aliphatic rings. The highest BCUT2D eigenvalue weighted by molar-refractivity contribution is 5.96. The maximum Gasteiger partial charge on any atom is 0.257 e. The molecule has 0 unspecified atom stereocenters. The largest absolute Gasteiger partial charge is 0.480 e. The van der Waals surface area contributed by atoms with Crippen molar-refractivity contribution in [3.63, 3.8) is 0 Å². The second kappa shape index (κ2) is 7.14. The monoisotopic (exact) mass is 365 g/mol. The molecule has 3 aromatic rings. The molecule has 0 aromatic carbocycles. The highest BCUT2D eigenvalue weighted by Crippen LogP contribution is 2.27. The summed E-state index contributed by atoms with van der Waals surface area (Å²) in [5.41, 5.74) is 3.32. The Bertz CT molecular complexity index is 971. The summed E-state index contributed by atoms with van der Waals surface area (Å²) < 4.78 is 10.6. The molecule has 3 heterocycles. The minimum atomic E-state index is -0.460. The Morgan fingerprint density at radius 3 is 2.85 bits per heavy atom. The van der Waals surface area contributed by atoms with E-state index in [0.717, 1.165) is 36.1 Å². The first-order valence-corrected chi connectivity index (χ1v) is 8.77. The van der Waals surface area contributed by atoms with Gasteiger partial charge in [-0.25, -0.2) is 4.98 Å². The smallest absolute Gasteiger partial charge is 0.257 e. The number of aryl methyl sites for hydroxylation is 2. The van der Waals surface area contributed by atoms with Gasteiger partial charge in [0.25, 0.3) is 5.91 Å². The lowest BCUT2D eigenvalue weighted by Crippen LogP contribution is -2.27. The predicted molar refractivity (Wildman–Crippen MR) is 96.2 cm³/mol. The SMILES string of the molecule is COc1nc2c(cc1C(=O)N[C@@H](C)c1nc(-c3ccncc3)no1)CCC2. The van der Waals surface area contributed by atoms with Crippen molar-refractivity contribution in [2.75, 3.05) is 7.11 Å². The van der Waals surface area contributed by atoms with Crippen LogP contribution in [0.15, 0.2) is 35.1 Å². The molecule has 0 saturated heterocycles. The lowest BCUT2D eigenvalue weighted by molar-refractivity contribution is 0.0928. The number of hydrogen-bond donors (Lipinski definition) is 1. The Kier molecular flexibility index (Phi) is 4.53. The number of rotatable bonds is 5. The molecular formula is C19H19N5O3. The number of methoxy groups -OCH3 is 1. The topological polar surface area (TPSA) is 103 Å². The van der Waals surface area contributed by atoms with Crippen molar-refractivity contribution in [3.8, 4) is 17.3 Å². The normalized spacial score (nSPS) is 13.9. The number of hydrogen-bond acceptors (Lipinski definition) is 7. The van der Waals surface area contributed by atoms with Crippen molar-refractivity contribution < 1.29 is 14.1 Å². The number of nitrogens with zero attached hydrogens (tertiary/aromatic N) is 4. The van der Waals surface area contributed by atoms with Crippen LogP contribution in [0.4, 0.5) is 0 Å². The van der Waals surface area contributed by atoms with Gasteiger partial charge in [0.2, 0.25) is 17.6 Å². The van der Waals surface area contributed by atoms with Crippen LogP contribution in [0.1, 0.15) is 46.9 Å². The molecule has 138 valence electrons. The summed E-state index contributed by atoms with van der Waals surface area (Å²) >= 11 is 0. The summed E-state index contributed by atoms with van der Waals surface area (Å²) in [4.78, 5) is 25.6. The second-order valence-electron chi connectivity index (χ2n) is 6.39. The lowest BCUT2D eigenvalue weighted by atomic mass is 10.1. The third-order valence-electron chi connectivity index (χ3n) is 4.55. The van der Waals surface area contributed by atoms with Gasteiger partial charge in [-0.05, 0) is 49.9 Å². The molecule has 0 radical (unpaired) electrons. The zero-order valence-corrected chi connectivity index (χ0v) is 15.1. The van der Waals surface area contributed by atoms with E-state index < -0.39 is 6.04 Å². The number of carbonyl (C=O) groups excluding carboxylic acids is 1. The van der Waals surface area contributed by atoms with Crippen LogP contribution in [-0.4, -0.2) is 33.1 Å². The van der Waals surface area contributed by atoms with Gasteiger partial charge in [-0.1, -0.05) is 5.16 Å². The average molecular weight is 365 g/mol. The predicted octanol–water partition coefficient (Wildman–Crippen LogP) is 2.51. The average Bonchev–Trinajstić information content (AvgIpc) is 3.36. The maximum atomic E-state index is 12.8. The Labute approximate surface area is 156 Å². The van der Waals surface area contributed by atoms with Crippen LogP contribution in [-0.2, 0) is 12.8 Å². The van der Waals surface area contributed by atoms with Gasteiger partial charge in [0.05, 0.1) is 7.11 Å². The Hall–Kier alpha value is -3.29. The number of ether oxygens (including phenoxy) is 1. The van der Waals surface area contributed by atoms with Crippen LogP contribution in [0.25, 0.3) is 11.4 Å². The first-order valence-electron chi connectivity index (χ1n) is 8.77. The molecule has 0 fully saturated rings. The Morgan fingerprint density at radius 2 is 2.07 bits per heavy atom. The molecule has 0 saturated carbocycles. The summed E-state index contributed by atoms with van der Waals surface area (Å²) in [5, 5.41) is 6.84. The summed E-state index contributed by atoms with van der Waals surface area (Å²) in [6.07, 6.45) is 6.21. The van der Waals surface area contributed by atoms with Gasteiger partial charge in [-0.2, -0.15) is 4.98 Å². The molecule has 8 heteroatoms. The molecule has 1 atom stereocenters. The van der Waals surface area contributed by atoms with Crippen LogP contribution in [0.5, 0.6) is 5.88 Å². The molecule has 27 heavy (non-hydrogen) atoms. The molecule has 4 rings (SSSR count). The summed E-state index contributed by atoms with van der Waals surface area (Å²) in [6, 6.07) is 4.99. The van der Waals surface area contributed by atoms with E-state index in [4.69, 9.17) is 9.26 Å². The minimum absolute atomic E-state index is 0.287. The van der Waals surface area contributed by atoms with Gasteiger partial charge in [0.1, 0.15) is 11.6 Å². The van der Waals surface area contributed by atoms with Gasteiger partial charge in [0.15, 0.2) is 0 Å². The zero-order valence-electron chi connectivity index (χ0n) is 15.1. The van der Waals surface area contributed by atoms with Crippen LogP contribution in [0, 0.1) is 0 Å². The third kappa shape index (κ3) is 3.38. The van der Waals surface area contributed by atoms with Crippen LogP contribution in [0.2, 0.25) is 0 Å². The van der Waals surface area contributed by atoms with Crippen molar-refractivity contribution in [2.24, 2.45) is 0 Å². The van der Waals surface area contributed by atoms with E-state index >= 15 is 0 Å². The van der Waals surface area contributed by atoms with Gasteiger partial charge in [-0.3, -0.25) is 9.78 Å². The number of carbonyl (C=O) groups is 1. The summed E-state index contributed by atoms with van der Waals surface area (Å²) in [6.45, 7) is 1.79. The van der Waals surface area contributed by atoms with E-state index in [1.807, 2.05) is 6.07 Å². The third-order valence-corrected chi connectivity index (χ3v) is 4.55. The van der Waals surface area contributed by atoms with Crippen molar-refractivity contribution in [3.05, 3.63) is 53.3 Å². The van der Waals surface area contributed by atoms with Crippen molar-refractivity contribution in [2.45, 2.75) is 32.2 Å². The quantitative estimate of drug-likeness (QED) is 0.741. The standard InChI is InChI=1S/C19H19N5O3/c1-11(18-23-16(24-27-18)12-6-8-20-9-7-12)21-17(25)14-10-13-4-3-5-15(13)22-19(14)26-2/h6-11H,3-5H2,1-2H3,(H,21,25)/t11-/m0/s1. The van der Waals surface area contributed by atoms with Gasteiger partial charge >= 0.3 is 0 Å². The zero-order chi connectivity index (χ0) is 18.8. The van der Waals surface area contributed by atoms with E-state index in [2.05, 4.69) is 25.4 Å². The maximum absolute atomic E-state index is 12.8. The van der Waals surface area contributed by atoms with Crippen LogP contribution >= 0.6 is 0 Å². The molecule has 1 N–H and O–H groups in total. The summed E-state index contributed by atoms with van der Waals surface area (Å²) in [7, 11) is 1.52. The molecule has 1 amide bonds. The fourth-order valence-electron chi connectivity index (χ4n) is 3.14.